The summed E-state index contributed by atoms with van der Waals surface area (Å²) in [6, 6.07) is 3.71. The molecule has 0 spiro atoms. The van der Waals surface area contributed by atoms with Crippen molar-refractivity contribution in [3.63, 3.8) is 0 Å². The van der Waals surface area contributed by atoms with Crippen LogP contribution < -0.4 is 10.6 Å². The van der Waals surface area contributed by atoms with Crippen LogP contribution in [0.5, 0.6) is 0 Å². The van der Waals surface area contributed by atoms with E-state index in [0.29, 0.717) is 5.82 Å². The van der Waals surface area contributed by atoms with Crippen LogP contribution in [0.25, 0.3) is 0 Å². The molecule has 96 valence electrons. The molecule has 4 nitrogen and oxygen atoms in total. The summed E-state index contributed by atoms with van der Waals surface area (Å²) < 4.78 is 0. The number of rotatable bonds is 2. The van der Waals surface area contributed by atoms with E-state index in [0.717, 1.165) is 24.9 Å². The Morgan fingerprint density at radius 2 is 2.24 bits per heavy atom. The summed E-state index contributed by atoms with van der Waals surface area (Å²) in [6.45, 7) is 2.90. The molecule has 1 aromatic rings. The van der Waals surface area contributed by atoms with Gasteiger partial charge in [-0.05, 0) is 37.9 Å². The Balaban J connectivity index is 0.00000128. The van der Waals surface area contributed by atoms with Gasteiger partial charge >= 0.3 is 0 Å². The molecule has 1 unspecified atom stereocenters. The molecule has 1 aliphatic rings. The van der Waals surface area contributed by atoms with Gasteiger partial charge in [0.25, 0.3) is 0 Å². The molecule has 2 rings (SSSR count). The van der Waals surface area contributed by atoms with E-state index >= 15 is 0 Å². The lowest BCUT2D eigenvalue weighted by Gasteiger charge is -2.10. The summed E-state index contributed by atoms with van der Waals surface area (Å²) in [4.78, 5) is 15.8. The Hall–Kier alpha value is -0.840. The minimum Gasteiger partial charge on any atom is -0.309 e. The van der Waals surface area contributed by atoms with Crippen LogP contribution in [0.4, 0.5) is 5.82 Å². The van der Waals surface area contributed by atoms with Crippen molar-refractivity contribution < 1.29 is 4.79 Å². The van der Waals surface area contributed by atoms with E-state index in [2.05, 4.69) is 15.6 Å². The number of carbonyl (C=O) groups is 1. The van der Waals surface area contributed by atoms with E-state index < -0.39 is 0 Å². The number of nitrogens with zero attached hydrogens (tertiary/aromatic N) is 1. The monoisotopic (exact) mass is 277 g/mol. The molecule has 1 saturated heterocycles. The minimum atomic E-state index is -0.0481. The van der Waals surface area contributed by atoms with Gasteiger partial charge in [0, 0.05) is 6.20 Å². The average Bonchev–Trinajstić information content (AvgIpc) is 2.74. The van der Waals surface area contributed by atoms with Gasteiger partial charge < -0.3 is 10.6 Å². The van der Waals surface area contributed by atoms with Crippen LogP contribution in [-0.4, -0.2) is 23.5 Å². The van der Waals surface area contributed by atoms with Crippen molar-refractivity contribution in [2.75, 3.05) is 11.9 Å². The predicted molar refractivity (Wildman–Crippen MR) is 73.1 cm³/mol. The van der Waals surface area contributed by atoms with Crippen LogP contribution in [-0.2, 0) is 4.79 Å². The zero-order chi connectivity index (χ0) is 10.7. The molecule has 0 aliphatic carbocycles. The molecule has 0 aromatic carbocycles. The molecule has 2 heterocycles. The molecule has 0 bridgehead atoms. The van der Waals surface area contributed by atoms with Crippen molar-refractivity contribution in [2.24, 2.45) is 0 Å². The fourth-order valence-corrected chi connectivity index (χ4v) is 1.66. The average molecular weight is 278 g/mol. The lowest BCUT2D eigenvalue weighted by Crippen LogP contribution is -2.35. The molecule has 1 aliphatic heterocycles. The highest BCUT2D eigenvalue weighted by Gasteiger charge is 2.21. The molecule has 1 aromatic heterocycles. The van der Waals surface area contributed by atoms with Crippen LogP contribution >= 0.6 is 24.8 Å². The Labute approximate surface area is 113 Å². The lowest BCUT2D eigenvalue weighted by molar-refractivity contribution is -0.117. The smallest absolute Gasteiger partial charge is 0.242 e. The van der Waals surface area contributed by atoms with E-state index in [9.17, 15) is 4.79 Å². The zero-order valence-electron chi connectivity index (χ0n) is 9.60. The molecule has 1 atom stereocenters. The molecule has 0 saturated carbocycles. The van der Waals surface area contributed by atoms with Gasteiger partial charge in [-0.3, -0.25) is 4.79 Å². The Bertz CT molecular complexity index is 350. The predicted octanol–water partition coefficient (Wildman–Crippen LogP) is 1.92. The Morgan fingerprint density at radius 3 is 2.76 bits per heavy atom. The van der Waals surface area contributed by atoms with Crippen LogP contribution in [0.15, 0.2) is 18.3 Å². The number of carbonyl (C=O) groups excluding carboxylic acids is 1. The maximum absolute atomic E-state index is 11.7. The third kappa shape index (κ3) is 4.50. The highest BCUT2D eigenvalue weighted by Crippen LogP contribution is 2.09. The van der Waals surface area contributed by atoms with Gasteiger partial charge in [-0.1, -0.05) is 6.07 Å². The maximum atomic E-state index is 11.7. The van der Waals surface area contributed by atoms with Gasteiger partial charge in [-0.15, -0.1) is 24.8 Å². The van der Waals surface area contributed by atoms with E-state index in [1.807, 2.05) is 19.1 Å². The van der Waals surface area contributed by atoms with Crippen LogP contribution in [0.3, 0.4) is 0 Å². The fraction of sp³-hybridized carbons (Fsp3) is 0.455. The number of aryl methyl sites for hydroxylation is 1. The highest BCUT2D eigenvalue weighted by atomic mass is 35.5. The summed E-state index contributed by atoms with van der Waals surface area (Å²) >= 11 is 0. The Kier molecular flexibility index (Phi) is 7.11. The first kappa shape index (κ1) is 16.2. The quantitative estimate of drug-likeness (QED) is 0.869. The number of pyridine rings is 1. The summed E-state index contributed by atoms with van der Waals surface area (Å²) in [5, 5.41) is 5.95. The largest absolute Gasteiger partial charge is 0.309 e. The number of amides is 1. The van der Waals surface area contributed by atoms with Crippen molar-refractivity contribution in [3.05, 3.63) is 23.9 Å². The van der Waals surface area contributed by atoms with Crippen LogP contribution in [0.1, 0.15) is 18.4 Å². The van der Waals surface area contributed by atoms with Gasteiger partial charge in [0.15, 0.2) is 0 Å². The second-order valence-corrected chi connectivity index (χ2v) is 3.86. The third-order valence-electron chi connectivity index (χ3n) is 2.54. The number of aromatic nitrogens is 1. The first-order valence-corrected chi connectivity index (χ1v) is 5.22. The van der Waals surface area contributed by atoms with Crippen LogP contribution in [0.2, 0.25) is 0 Å². The van der Waals surface area contributed by atoms with Gasteiger partial charge in [0.05, 0.1) is 6.04 Å². The fourth-order valence-electron chi connectivity index (χ4n) is 1.66. The van der Waals surface area contributed by atoms with Crippen molar-refractivity contribution in [3.8, 4) is 0 Å². The van der Waals surface area contributed by atoms with Gasteiger partial charge in [0.2, 0.25) is 5.91 Å². The maximum Gasteiger partial charge on any atom is 0.242 e. The van der Waals surface area contributed by atoms with E-state index in [1.54, 1.807) is 6.20 Å². The third-order valence-corrected chi connectivity index (χ3v) is 2.54. The summed E-state index contributed by atoms with van der Waals surface area (Å²) in [5.41, 5.74) is 1.09. The molecule has 6 heteroatoms. The van der Waals surface area contributed by atoms with Crippen LogP contribution in [0, 0.1) is 6.92 Å². The zero-order valence-corrected chi connectivity index (χ0v) is 11.2. The normalized spacial score (nSPS) is 17.8. The number of hydrogen-bond donors (Lipinski definition) is 2. The topological polar surface area (TPSA) is 54.0 Å². The first-order chi connectivity index (χ1) is 7.25. The number of hydrogen-bond acceptors (Lipinski definition) is 3. The molecule has 2 N–H and O–H groups in total. The van der Waals surface area contributed by atoms with Crippen molar-refractivity contribution in [2.45, 2.75) is 25.8 Å². The summed E-state index contributed by atoms with van der Waals surface area (Å²) in [5.74, 6) is 0.642. The SMILES string of the molecule is Cc1ccc(NC(=O)C2CCCN2)nc1.Cl.Cl. The second-order valence-electron chi connectivity index (χ2n) is 3.86. The lowest BCUT2D eigenvalue weighted by atomic mass is 10.2. The van der Waals surface area contributed by atoms with Gasteiger partial charge in [-0.25, -0.2) is 4.98 Å². The van der Waals surface area contributed by atoms with Gasteiger partial charge in [-0.2, -0.15) is 0 Å². The molecular weight excluding hydrogens is 261 g/mol. The molecule has 1 amide bonds. The Morgan fingerprint density at radius 1 is 1.47 bits per heavy atom. The first-order valence-electron chi connectivity index (χ1n) is 5.22. The molecule has 17 heavy (non-hydrogen) atoms. The van der Waals surface area contributed by atoms with Crippen molar-refractivity contribution >= 4 is 36.5 Å². The number of nitrogens with one attached hydrogen (secondary N) is 2. The molecule has 1 fully saturated rings. The highest BCUT2D eigenvalue weighted by molar-refractivity contribution is 5.94. The van der Waals surface area contributed by atoms with Crippen molar-refractivity contribution in [1.82, 2.24) is 10.3 Å². The van der Waals surface area contributed by atoms with Gasteiger partial charge in [0.1, 0.15) is 5.82 Å². The summed E-state index contributed by atoms with van der Waals surface area (Å²) in [6.07, 6.45) is 3.73. The number of anilines is 1. The van der Waals surface area contributed by atoms with E-state index in [1.165, 1.54) is 0 Å². The van der Waals surface area contributed by atoms with E-state index in [-0.39, 0.29) is 36.8 Å². The summed E-state index contributed by atoms with van der Waals surface area (Å²) in [7, 11) is 0. The second kappa shape index (κ2) is 7.48. The number of halogens is 2. The van der Waals surface area contributed by atoms with E-state index in [4.69, 9.17) is 0 Å². The molecule has 0 radical (unpaired) electrons. The standard InChI is InChI=1S/C11H15N3O.2ClH/c1-8-4-5-10(13-7-8)14-11(15)9-3-2-6-12-9;;/h4-5,7,9,12H,2-3,6H2,1H3,(H,13,14,15);2*1H. The minimum absolute atomic E-state index is 0. The van der Waals surface area contributed by atoms with Crippen molar-refractivity contribution in [1.29, 1.82) is 0 Å². The molecular formula is C11H17Cl2N3O.